The van der Waals surface area contributed by atoms with Crippen molar-refractivity contribution in [2.45, 2.75) is 19.4 Å². The van der Waals surface area contributed by atoms with E-state index in [0.717, 1.165) is 30.1 Å². The normalized spacial score (nSPS) is 23.6. The minimum absolute atomic E-state index is 0.285. The van der Waals surface area contributed by atoms with Gasteiger partial charge in [0.2, 0.25) is 0 Å². The van der Waals surface area contributed by atoms with Gasteiger partial charge in [0.1, 0.15) is 5.52 Å². The first-order valence-electron chi connectivity index (χ1n) is 6.61. The molecule has 1 aliphatic heterocycles. The molecule has 0 atom stereocenters. The summed E-state index contributed by atoms with van der Waals surface area (Å²) in [5.41, 5.74) is 1.68. The summed E-state index contributed by atoms with van der Waals surface area (Å²) in [5, 5.41) is 10.8. The second kappa shape index (κ2) is 5.01. The molecular weight excluding hydrogens is 244 g/mol. The SMILES string of the molecule is O=C([O-])C1CC[NH+](Cc2nc3ccccc3o2)CC1. The summed E-state index contributed by atoms with van der Waals surface area (Å²) in [5.74, 6) is -0.476. The van der Waals surface area contributed by atoms with Crippen LogP contribution in [-0.2, 0) is 11.3 Å². The Morgan fingerprint density at radius 2 is 2.11 bits per heavy atom. The summed E-state index contributed by atoms with van der Waals surface area (Å²) in [6.07, 6.45) is 1.36. The van der Waals surface area contributed by atoms with Crippen LogP contribution in [-0.4, -0.2) is 24.0 Å². The van der Waals surface area contributed by atoms with Gasteiger partial charge in [-0.2, -0.15) is 0 Å². The Hall–Kier alpha value is -1.88. The van der Waals surface area contributed by atoms with E-state index in [1.165, 1.54) is 4.90 Å². The Morgan fingerprint density at radius 1 is 1.37 bits per heavy atom. The van der Waals surface area contributed by atoms with Crippen LogP contribution in [0.2, 0.25) is 0 Å². The standard InChI is InChI=1S/C14H16N2O3/c17-14(18)10-5-7-16(8-6-10)9-13-15-11-3-1-2-4-12(11)19-13/h1-4,10H,5-9H2,(H,17,18). The van der Waals surface area contributed by atoms with Crippen LogP contribution in [0, 0.1) is 5.92 Å². The molecule has 0 unspecified atom stereocenters. The van der Waals surface area contributed by atoms with Gasteiger partial charge in [-0.25, -0.2) is 4.98 Å². The van der Waals surface area contributed by atoms with Crippen molar-refractivity contribution < 1.29 is 19.2 Å². The number of rotatable bonds is 3. The molecular formula is C14H16N2O3. The monoisotopic (exact) mass is 260 g/mol. The number of carbonyl (C=O) groups is 1. The lowest BCUT2D eigenvalue weighted by Crippen LogP contribution is -3.11. The molecule has 1 aromatic heterocycles. The molecule has 1 N–H and O–H groups in total. The largest absolute Gasteiger partial charge is 0.550 e. The topological polar surface area (TPSA) is 70.6 Å². The van der Waals surface area contributed by atoms with Gasteiger partial charge in [-0.15, -0.1) is 0 Å². The van der Waals surface area contributed by atoms with E-state index in [1.807, 2.05) is 24.3 Å². The molecule has 1 saturated heterocycles. The maximum atomic E-state index is 10.8. The molecule has 1 aromatic carbocycles. The summed E-state index contributed by atoms with van der Waals surface area (Å²) in [6, 6.07) is 7.70. The van der Waals surface area contributed by atoms with E-state index in [-0.39, 0.29) is 5.92 Å². The Bertz CT molecular complexity index is 552. The van der Waals surface area contributed by atoms with Crippen LogP contribution in [0.5, 0.6) is 0 Å². The van der Waals surface area contributed by atoms with E-state index in [0.29, 0.717) is 19.4 Å². The smallest absolute Gasteiger partial charge is 0.251 e. The minimum Gasteiger partial charge on any atom is -0.550 e. The highest BCUT2D eigenvalue weighted by Gasteiger charge is 2.24. The zero-order chi connectivity index (χ0) is 13.2. The quantitative estimate of drug-likeness (QED) is 0.798. The highest BCUT2D eigenvalue weighted by molar-refractivity contribution is 5.72. The molecule has 3 rings (SSSR count). The van der Waals surface area contributed by atoms with Gasteiger partial charge in [0, 0.05) is 24.7 Å². The van der Waals surface area contributed by atoms with E-state index < -0.39 is 5.97 Å². The van der Waals surface area contributed by atoms with Gasteiger partial charge in [0.05, 0.1) is 13.1 Å². The third-order valence-electron chi connectivity index (χ3n) is 3.77. The molecule has 5 heteroatoms. The summed E-state index contributed by atoms with van der Waals surface area (Å²) in [7, 11) is 0. The fourth-order valence-corrected chi connectivity index (χ4v) is 2.65. The number of hydrogen-bond donors (Lipinski definition) is 1. The predicted octanol–water partition coefficient (Wildman–Crippen LogP) is -0.627. The number of nitrogens with one attached hydrogen (secondary N) is 1. The third-order valence-corrected chi connectivity index (χ3v) is 3.77. The molecule has 19 heavy (non-hydrogen) atoms. The van der Waals surface area contributed by atoms with Crippen molar-refractivity contribution in [3.05, 3.63) is 30.2 Å². The number of nitrogens with zero attached hydrogens (tertiary/aromatic N) is 1. The number of likely N-dealkylation sites (tertiary alicyclic amines) is 1. The number of carboxylic acid groups (broad SMARTS) is 1. The number of quaternary nitrogens is 1. The highest BCUT2D eigenvalue weighted by Crippen LogP contribution is 2.14. The first kappa shape index (κ1) is 12.2. The number of para-hydroxylation sites is 2. The van der Waals surface area contributed by atoms with Crippen LogP contribution in [0.4, 0.5) is 0 Å². The Labute approximate surface area is 110 Å². The van der Waals surface area contributed by atoms with Crippen LogP contribution >= 0.6 is 0 Å². The molecule has 0 bridgehead atoms. The van der Waals surface area contributed by atoms with Gasteiger partial charge in [-0.3, -0.25) is 0 Å². The van der Waals surface area contributed by atoms with E-state index in [1.54, 1.807) is 0 Å². The van der Waals surface area contributed by atoms with Crippen LogP contribution in [0.1, 0.15) is 18.7 Å². The Kier molecular flexibility index (Phi) is 3.21. The lowest BCUT2D eigenvalue weighted by molar-refractivity contribution is -0.920. The number of piperidine rings is 1. The molecule has 2 aromatic rings. The van der Waals surface area contributed by atoms with E-state index >= 15 is 0 Å². The molecule has 2 heterocycles. The molecule has 1 aliphatic rings. The van der Waals surface area contributed by atoms with Crippen molar-refractivity contribution >= 4 is 17.1 Å². The highest BCUT2D eigenvalue weighted by atomic mass is 16.4. The van der Waals surface area contributed by atoms with Gasteiger partial charge < -0.3 is 19.2 Å². The fraction of sp³-hybridized carbons (Fsp3) is 0.429. The fourth-order valence-electron chi connectivity index (χ4n) is 2.65. The molecule has 0 saturated carbocycles. The number of oxazole rings is 1. The molecule has 0 amide bonds. The van der Waals surface area contributed by atoms with E-state index in [2.05, 4.69) is 4.98 Å². The summed E-state index contributed by atoms with van der Waals surface area (Å²) in [6.45, 7) is 2.38. The van der Waals surface area contributed by atoms with Gasteiger partial charge in [0.25, 0.3) is 5.89 Å². The first-order chi connectivity index (χ1) is 9.22. The molecule has 0 radical (unpaired) electrons. The summed E-state index contributed by atoms with van der Waals surface area (Å²) in [4.78, 5) is 16.6. The summed E-state index contributed by atoms with van der Waals surface area (Å²) < 4.78 is 5.68. The van der Waals surface area contributed by atoms with Crippen molar-refractivity contribution in [3.63, 3.8) is 0 Å². The molecule has 0 spiro atoms. The molecule has 100 valence electrons. The van der Waals surface area contributed by atoms with Crippen LogP contribution in [0.25, 0.3) is 11.1 Å². The van der Waals surface area contributed by atoms with Crippen molar-refractivity contribution in [1.29, 1.82) is 0 Å². The van der Waals surface area contributed by atoms with Gasteiger partial charge in [0.15, 0.2) is 12.1 Å². The maximum absolute atomic E-state index is 10.8. The molecule has 0 aliphatic carbocycles. The zero-order valence-electron chi connectivity index (χ0n) is 10.6. The predicted molar refractivity (Wildman–Crippen MR) is 66.1 cm³/mol. The number of carboxylic acids is 1. The second-order valence-corrected chi connectivity index (χ2v) is 5.10. The van der Waals surface area contributed by atoms with Crippen molar-refractivity contribution in [3.8, 4) is 0 Å². The van der Waals surface area contributed by atoms with Crippen LogP contribution < -0.4 is 10.0 Å². The number of benzene rings is 1. The van der Waals surface area contributed by atoms with Crippen molar-refractivity contribution in [2.24, 2.45) is 5.92 Å². The third kappa shape index (κ3) is 2.61. The second-order valence-electron chi connectivity index (χ2n) is 5.10. The minimum atomic E-state index is -0.916. The van der Waals surface area contributed by atoms with E-state index in [4.69, 9.17) is 4.42 Å². The summed E-state index contributed by atoms with van der Waals surface area (Å²) >= 11 is 0. The average Bonchev–Trinajstić information content (AvgIpc) is 2.81. The average molecular weight is 260 g/mol. The van der Waals surface area contributed by atoms with Crippen molar-refractivity contribution in [1.82, 2.24) is 4.98 Å². The lowest BCUT2D eigenvalue weighted by atomic mass is 9.97. The molecule has 5 nitrogen and oxygen atoms in total. The van der Waals surface area contributed by atoms with Gasteiger partial charge in [-0.1, -0.05) is 12.1 Å². The number of aliphatic carboxylic acids is 1. The van der Waals surface area contributed by atoms with Crippen LogP contribution in [0.15, 0.2) is 28.7 Å². The van der Waals surface area contributed by atoms with Gasteiger partial charge >= 0.3 is 0 Å². The maximum Gasteiger partial charge on any atom is 0.251 e. The van der Waals surface area contributed by atoms with Gasteiger partial charge in [-0.05, 0) is 12.1 Å². The number of hydrogen-bond acceptors (Lipinski definition) is 4. The Balaban J connectivity index is 1.64. The molecule has 1 fully saturated rings. The van der Waals surface area contributed by atoms with Crippen molar-refractivity contribution in [2.75, 3.05) is 13.1 Å². The zero-order valence-corrected chi connectivity index (χ0v) is 10.6. The van der Waals surface area contributed by atoms with E-state index in [9.17, 15) is 9.90 Å². The number of fused-ring (bicyclic) bond motifs is 1. The number of aromatic nitrogens is 1. The lowest BCUT2D eigenvalue weighted by Gasteiger charge is -2.28. The van der Waals surface area contributed by atoms with Crippen LogP contribution in [0.3, 0.4) is 0 Å². The Morgan fingerprint density at radius 3 is 2.79 bits per heavy atom. The first-order valence-corrected chi connectivity index (χ1v) is 6.61. The number of carbonyl (C=O) groups excluding carboxylic acids is 1.